The number of aryl methyl sites for hydroxylation is 1. The van der Waals surface area contributed by atoms with Gasteiger partial charge in [0.05, 0.1) is 12.2 Å². The third kappa shape index (κ3) is 1.46. The lowest BCUT2D eigenvalue weighted by atomic mass is 10.00. The topological polar surface area (TPSA) is 26.3 Å². The molecule has 0 saturated heterocycles. The van der Waals surface area contributed by atoms with E-state index < -0.39 is 0 Å². The lowest BCUT2D eigenvalue weighted by molar-refractivity contribution is 0.0931. The summed E-state index contributed by atoms with van der Waals surface area (Å²) in [4.78, 5) is 11.7. The first kappa shape index (κ1) is 9.71. The van der Waals surface area contributed by atoms with Gasteiger partial charge in [-0.25, -0.2) is 0 Å². The summed E-state index contributed by atoms with van der Waals surface area (Å²) < 4.78 is 6.39. The maximum atomic E-state index is 11.7. The van der Waals surface area contributed by atoms with Crippen LogP contribution in [0.3, 0.4) is 0 Å². The Hall–Kier alpha value is -0.830. The van der Waals surface area contributed by atoms with Gasteiger partial charge in [0, 0.05) is 10.9 Å². The molecule has 1 aliphatic heterocycles. The first-order valence-corrected chi connectivity index (χ1v) is 5.50. The van der Waals surface area contributed by atoms with Crippen LogP contribution >= 0.6 is 15.9 Å². The highest BCUT2D eigenvalue weighted by Crippen LogP contribution is 2.34. The molecule has 0 saturated carbocycles. The van der Waals surface area contributed by atoms with Crippen molar-refractivity contribution in [1.29, 1.82) is 0 Å². The summed E-state index contributed by atoms with van der Waals surface area (Å²) in [5.41, 5.74) is 1.83. The molecule has 0 atom stereocenters. The van der Waals surface area contributed by atoms with Gasteiger partial charge in [0.1, 0.15) is 5.75 Å². The van der Waals surface area contributed by atoms with Crippen molar-refractivity contribution < 1.29 is 9.53 Å². The summed E-state index contributed by atoms with van der Waals surface area (Å²) in [5, 5.41) is 0. The van der Waals surface area contributed by atoms with Crippen LogP contribution in [0.1, 0.15) is 29.3 Å². The molecule has 0 aliphatic carbocycles. The standard InChI is InChI=1S/C11H11BrO2/c1-2-7-3-4-8(12)10-9(13)5-6-14-11(7)10/h3-4H,2,5-6H2,1H3. The van der Waals surface area contributed by atoms with Crippen LogP contribution in [0, 0.1) is 0 Å². The van der Waals surface area contributed by atoms with E-state index in [0.717, 1.165) is 27.8 Å². The molecule has 0 amide bonds. The zero-order valence-electron chi connectivity index (χ0n) is 7.97. The van der Waals surface area contributed by atoms with Gasteiger partial charge in [-0.05, 0) is 34.0 Å². The van der Waals surface area contributed by atoms with Crippen LogP contribution in [-0.2, 0) is 6.42 Å². The number of rotatable bonds is 1. The largest absolute Gasteiger partial charge is 0.492 e. The Bertz CT molecular complexity index is 385. The number of hydrogen-bond acceptors (Lipinski definition) is 2. The van der Waals surface area contributed by atoms with E-state index in [-0.39, 0.29) is 5.78 Å². The number of carbonyl (C=O) groups is 1. The normalized spacial score (nSPS) is 14.9. The molecule has 0 aromatic heterocycles. The number of hydrogen-bond donors (Lipinski definition) is 0. The number of benzene rings is 1. The van der Waals surface area contributed by atoms with Crippen LogP contribution in [0.4, 0.5) is 0 Å². The zero-order chi connectivity index (χ0) is 10.1. The van der Waals surface area contributed by atoms with Gasteiger partial charge in [0.25, 0.3) is 0 Å². The van der Waals surface area contributed by atoms with E-state index in [4.69, 9.17) is 4.74 Å². The second kappa shape index (κ2) is 3.73. The molecule has 1 heterocycles. The maximum Gasteiger partial charge on any atom is 0.171 e. The van der Waals surface area contributed by atoms with Crippen molar-refractivity contribution in [3.63, 3.8) is 0 Å². The molecule has 3 heteroatoms. The van der Waals surface area contributed by atoms with Crippen LogP contribution in [0.5, 0.6) is 5.75 Å². The molecule has 0 bridgehead atoms. The molecule has 0 radical (unpaired) electrons. The van der Waals surface area contributed by atoms with Gasteiger partial charge in [0.15, 0.2) is 5.78 Å². The van der Waals surface area contributed by atoms with Crippen LogP contribution in [0.25, 0.3) is 0 Å². The van der Waals surface area contributed by atoms with E-state index in [0.29, 0.717) is 13.0 Å². The summed E-state index contributed by atoms with van der Waals surface area (Å²) >= 11 is 3.38. The molecular formula is C11H11BrO2. The van der Waals surface area contributed by atoms with Crippen molar-refractivity contribution in [2.45, 2.75) is 19.8 Å². The van der Waals surface area contributed by atoms with Gasteiger partial charge in [-0.1, -0.05) is 13.0 Å². The maximum absolute atomic E-state index is 11.7. The quantitative estimate of drug-likeness (QED) is 0.771. The highest BCUT2D eigenvalue weighted by atomic mass is 79.9. The average Bonchev–Trinajstić information content (AvgIpc) is 2.18. The minimum absolute atomic E-state index is 0.174. The predicted octanol–water partition coefficient (Wildman–Crippen LogP) is 2.98. The number of halogens is 1. The van der Waals surface area contributed by atoms with Crippen molar-refractivity contribution >= 4 is 21.7 Å². The van der Waals surface area contributed by atoms with Gasteiger partial charge in [-0.3, -0.25) is 4.79 Å². The minimum atomic E-state index is 0.174. The van der Waals surface area contributed by atoms with Crippen LogP contribution in [-0.4, -0.2) is 12.4 Å². The molecule has 0 spiro atoms. The van der Waals surface area contributed by atoms with Crippen molar-refractivity contribution in [2.75, 3.05) is 6.61 Å². The van der Waals surface area contributed by atoms with Crippen molar-refractivity contribution in [3.05, 3.63) is 27.7 Å². The van der Waals surface area contributed by atoms with Crippen molar-refractivity contribution in [1.82, 2.24) is 0 Å². The summed E-state index contributed by atoms with van der Waals surface area (Å²) in [7, 11) is 0. The first-order chi connectivity index (χ1) is 6.74. The fourth-order valence-corrected chi connectivity index (χ4v) is 2.21. The Morgan fingerprint density at radius 2 is 2.29 bits per heavy atom. The summed E-state index contributed by atoms with van der Waals surface area (Å²) in [5.74, 6) is 0.951. The van der Waals surface area contributed by atoms with Crippen LogP contribution < -0.4 is 4.74 Å². The zero-order valence-corrected chi connectivity index (χ0v) is 9.56. The van der Waals surface area contributed by atoms with Crippen LogP contribution in [0.2, 0.25) is 0 Å². The summed E-state index contributed by atoms with van der Waals surface area (Å²) in [6, 6.07) is 3.92. The molecule has 0 fully saturated rings. The van der Waals surface area contributed by atoms with Gasteiger partial charge < -0.3 is 4.74 Å². The van der Waals surface area contributed by atoms with Crippen molar-refractivity contribution in [2.24, 2.45) is 0 Å². The number of carbonyl (C=O) groups excluding carboxylic acids is 1. The Labute approximate surface area is 91.4 Å². The van der Waals surface area contributed by atoms with Gasteiger partial charge in [-0.15, -0.1) is 0 Å². The third-order valence-corrected chi connectivity index (χ3v) is 3.08. The molecule has 1 aromatic rings. The monoisotopic (exact) mass is 254 g/mol. The first-order valence-electron chi connectivity index (χ1n) is 4.71. The third-order valence-electron chi connectivity index (χ3n) is 2.42. The Morgan fingerprint density at radius 1 is 1.50 bits per heavy atom. The molecule has 2 nitrogen and oxygen atoms in total. The molecular weight excluding hydrogens is 244 g/mol. The molecule has 2 rings (SSSR count). The van der Waals surface area contributed by atoms with E-state index >= 15 is 0 Å². The van der Waals surface area contributed by atoms with E-state index in [1.165, 1.54) is 0 Å². The van der Waals surface area contributed by atoms with Gasteiger partial charge >= 0.3 is 0 Å². The molecule has 0 unspecified atom stereocenters. The molecule has 1 aromatic carbocycles. The Morgan fingerprint density at radius 3 is 3.00 bits per heavy atom. The second-order valence-electron chi connectivity index (χ2n) is 3.29. The minimum Gasteiger partial charge on any atom is -0.492 e. The molecule has 74 valence electrons. The SMILES string of the molecule is CCc1ccc(Br)c2c1OCCC2=O. The number of ether oxygens (including phenoxy) is 1. The predicted molar refractivity (Wildman–Crippen MR) is 58.0 cm³/mol. The number of ketones is 1. The number of fused-ring (bicyclic) bond motifs is 1. The highest BCUT2D eigenvalue weighted by molar-refractivity contribution is 9.10. The molecule has 0 N–H and O–H groups in total. The fourth-order valence-electron chi connectivity index (χ4n) is 1.68. The lowest BCUT2D eigenvalue weighted by Crippen LogP contribution is -2.17. The van der Waals surface area contributed by atoms with Gasteiger partial charge in [-0.2, -0.15) is 0 Å². The lowest BCUT2D eigenvalue weighted by Gasteiger charge is -2.20. The van der Waals surface area contributed by atoms with E-state index in [2.05, 4.69) is 22.9 Å². The smallest absolute Gasteiger partial charge is 0.171 e. The highest BCUT2D eigenvalue weighted by Gasteiger charge is 2.23. The van der Waals surface area contributed by atoms with E-state index in [1.807, 2.05) is 12.1 Å². The van der Waals surface area contributed by atoms with E-state index in [9.17, 15) is 4.79 Å². The van der Waals surface area contributed by atoms with Crippen molar-refractivity contribution in [3.8, 4) is 5.75 Å². The van der Waals surface area contributed by atoms with E-state index in [1.54, 1.807) is 0 Å². The van der Waals surface area contributed by atoms with Crippen LogP contribution in [0.15, 0.2) is 16.6 Å². The summed E-state index contributed by atoms with van der Waals surface area (Å²) in [6.07, 6.45) is 1.38. The second-order valence-corrected chi connectivity index (χ2v) is 4.14. The van der Waals surface area contributed by atoms with Gasteiger partial charge in [0.2, 0.25) is 0 Å². The Kier molecular flexibility index (Phi) is 2.59. The Balaban J connectivity index is 2.63. The summed E-state index contributed by atoms with van der Waals surface area (Å²) in [6.45, 7) is 2.57. The molecule has 1 aliphatic rings. The fraction of sp³-hybridized carbons (Fsp3) is 0.364. The molecule has 14 heavy (non-hydrogen) atoms. The number of Topliss-reactive ketones (excluding diaryl/α,β-unsaturated/α-hetero) is 1. The average molecular weight is 255 g/mol.